The molecule has 1 heterocycles. The minimum Gasteiger partial charge on any atom is -0.490 e. The molecule has 4 aromatic rings. The monoisotopic (exact) mass is 497 g/mol. The molecule has 0 bridgehead atoms. The van der Waals surface area contributed by atoms with E-state index in [1.165, 1.54) is 17.8 Å². The van der Waals surface area contributed by atoms with Crippen molar-refractivity contribution in [1.29, 1.82) is 0 Å². The number of hydrogen-bond donors (Lipinski definition) is 1. The van der Waals surface area contributed by atoms with Crippen molar-refractivity contribution in [3.8, 4) is 17.2 Å². The van der Waals surface area contributed by atoms with Crippen molar-refractivity contribution >= 4 is 39.2 Å². The van der Waals surface area contributed by atoms with Gasteiger partial charge in [0.15, 0.2) is 5.75 Å². The number of azo groups is 1. The van der Waals surface area contributed by atoms with E-state index in [4.69, 9.17) is 9.47 Å². The summed E-state index contributed by atoms with van der Waals surface area (Å²) in [6.07, 6.45) is 0. The van der Waals surface area contributed by atoms with E-state index in [0.29, 0.717) is 41.8 Å². The molecule has 188 valence electrons. The zero-order chi connectivity index (χ0) is 25.8. The largest absolute Gasteiger partial charge is 0.490 e. The maximum Gasteiger partial charge on any atom is 0.269 e. The Labute approximate surface area is 214 Å². The number of fused-ring (bicyclic) bond motifs is 2. The zero-order valence-corrected chi connectivity index (χ0v) is 20.7. The normalized spacial score (nSPS) is 12.6. The van der Waals surface area contributed by atoms with Gasteiger partial charge in [0.2, 0.25) is 0 Å². The lowest BCUT2D eigenvalue weighted by Crippen LogP contribution is -2.21. The number of benzene rings is 4. The molecule has 0 radical (unpaired) electrons. The SMILES string of the molecule is CCN(CC)c1ccc2c(Oc3cc4c(cc3/N=N/c3ccc([N+](=O)[O-])cc3)OCCN4)cccc2c1. The highest BCUT2D eigenvalue weighted by Crippen LogP contribution is 2.43. The maximum absolute atomic E-state index is 10.9. The van der Waals surface area contributed by atoms with Crippen LogP contribution in [0.3, 0.4) is 0 Å². The Morgan fingerprint density at radius 1 is 1.00 bits per heavy atom. The van der Waals surface area contributed by atoms with E-state index in [0.717, 1.165) is 29.5 Å². The van der Waals surface area contributed by atoms with E-state index in [-0.39, 0.29) is 5.69 Å². The summed E-state index contributed by atoms with van der Waals surface area (Å²) in [4.78, 5) is 12.8. The predicted molar refractivity (Wildman–Crippen MR) is 145 cm³/mol. The molecular weight excluding hydrogens is 470 g/mol. The van der Waals surface area contributed by atoms with E-state index in [1.807, 2.05) is 18.2 Å². The fourth-order valence-electron chi connectivity index (χ4n) is 4.30. The van der Waals surface area contributed by atoms with E-state index >= 15 is 0 Å². The number of nitrogens with one attached hydrogen (secondary N) is 1. The Bertz CT molecular complexity index is 1470. The predicted octanol–water partition coefficient (Wildman–Crippen LogP) is 7.61. The van der Waals surface area contributed by atoms with Crippen LogP contribution in [0.15, 0.2) is 83.0 Å². The number of nitro groups is 1. The quantitative estimate of drug-likeness (QED) is 0.153. The van der Waals surface area contributed by atoms with E-state index < -0.39 is 4.92 Å². The van der Waals surface area contributed by atoms with Crippen molar-refractivity contribution in [2.45, 2.75) is 13.8 Å². The van der Waals surface area contributed by atoms with Crippen molar-refractivity contribution in [2.75, 3.05) is 36.5 Å². The molecule has 1 aliphatic rings. The van der Waals surface area contributed by atoms with Crippen LogP contribution in [0.2, 0.25) is 0 Å². The average Bonchev–Trinajstić information content (AvgIpc) is 2.93. The molecule has 0 spiro atoms. The Morgan fingerprint density at radius 3 is 2.57 bits per heavy atom. The van der Waals surface area contributed by atoms with E-state index in [2.05, 4.69) is 58.6 Å². The van der Waals surface area contributed by atoms with Crippen LogP contribution in [0.5, 0.6) is 17.2 Å². The first-order chi connectivity index (χ1) is 18.1. The smallest absolute Gasteiger partial charge is 0.269 e. The summed E-state index contributed by atoms with van der Waals surface area (Å²) in [5, 5.41) is 25.0. The van der Waals surface area contributed by atoms with Gasteiger partial charge in [-0.15, -0.1) is 5.11 Å². The number of hydrogen-bond acceptors (Lipinski definition) is 8. The lowest BCUT2D eigenvalue weighted by molar-refractivity contribution is -0.384. The molecule has 1 N–H and O–H groups in total. The molecule has 9 nitrogen and oxygen atoms in total. The summed E-state index contributed by atoms with van der Waals surface area (Å²) in [6.45, 7) is 7.40. The minimum absolute atomic E-state index is 0.00339. The van der Waals surface area contributed by atoms with Gasteiger partial charge >= 0.3 is 0 Å². The Kier molecular flexibility index (Phi) is 6.85. The van der Waals surface area contributed by atoms with Gasteiger partial charge in [-0.2, -0.15) is 5.11 Å². The first kappa shape index (κ1) is 24.1. The second kappa shape index (κ2) is 10.5. The number of nitro benzene ring substituents is 1. The Hall–Kier alpha value is -4.66. The van der Waals surface area contributed by atoms with Gasteiger partial charge in [0.05, 0.1) is 16.3 Å². The Balaban J connectivity index is 1.51. The standard InChI is InChI=1S/C28H27N5O4/c1-3-32(4-2)22-12-13-23-19(16-22)6-5-7-26(23)37-28-17-24-27(36-15-14-29-24)18-25(28)31-30-20-8-10-21(11-9-20)33(34)35/h5-13,16-18,29H,3-4,14-15H2,1-2H3/b31-30+. The summed E-state index contributed by atoms with van der Waals surface area (Å²) in [6, 6.07) is 21.9. The second-order valence-electron chi connectivity index (χ2n) is 8.50. The van der Waals surface area contributed by atoms with E-state index in [1.54, 1.807) is 18.2 Å². The second-order valence-corrected chi connectivity index (χ2v) is 8.50. The Morgan fingerprint density at radius 2 is 1.81 bits per heavy atom. The highest BCUT2D eigenvalue weighted by Gasteiger charge is 2.17. The first-order valence-electron chi connectivity index (χ1n) is 12.2. The molecule has 5 rings (SSSR count). The summed E-state index contributed by atoms with van der Waals surface area (Å²) >= 11 is 0. The van der Waals surface area contributed by atoms with Crippen molar-refractivity contribution in [2.24, 2.45) is 10.2 Å². The number of rotatable bonds is 8. The van der Waals surface area contributed by atoms with E-state index in [9.17, 15) is 10.1 Å². The molecule has 37 heavy (non-hydrogen) atoms. The third-order valence-electron chi connectivity index (χ3n) is 6.24. The molecule has 1 aliphatic heterocycles. The first-order valence-corrected chi connectivity index (χ1v) is 12.2. The third-order valence-corrected chi connectivity index (χ3v) is 6.24. The molecule has 0 amide bonds. The van der Waals surface area contributed by atoms with Crippen LogP contribution >= 0.6 is 0 Å². The minimum atomic E-state index is -0.449. The molecule has 0 saturated heterocycles. The number of ether oxygens (including phenoxy) is 2. The number of non-ortho nitro benzene ring substituents is 1. The molecule has 9 heteroatoms. The molecule has 0 atom stereocenters. The fourth-order valence-corrected chi connectivity index (χ4v) is 4.30. The van der Waals surface area contributed by atoms with Gasteiger partial charge in [0.25, 0.3) is 5.69 Å². The van der Waals surface area contributed by atoms with Gasteiger partial charge in [0, 0.05) is 55.0 Å². The van der Waals surface area contributed by atoms with Gasteiger partial charge in [-0.1, -0.05) is 12.1 Å². The molecule has 0 saturated carbocycles. The van der Waals surface area contributed by atoms with Crippen LogP contribution in [0.4, 0.5) is 28.4 Å². The van der Waals surface area contributed by atoms with Gasteiger partial charge in [-0.25, -0.2) is 0 Å². The van der Waals surface area contributed by atoms with Gasteiger partial charge < -0.3 is 19.7 Å². The third kappa shape index (κ3) is 5.16. The van der Waals surface area contributed by atoms with Gasteiger partial charge in [-0.05, 0) is 55.6 Å². The van der Waals surface area contributed by atoms with Crippen LogP contribution in [-0.4, -0.2) is 31.2 Å². The topological polar surface area (TPSA) is 102 Å². The zero-order valence-electron chi connectivity index (χ0n) is 20.7. The van der Waals surface area contributed by atoms with Gasteiger partial charge in [-0.3, -0.25) is 10.1 Å². The average molecular weight is 498 g/mol. The molecule has 0 fully saturated rings. The maximum atomic E-state index is 10.9. The van der Waals surface area contributed by atoms with Crippen molar-refractivity contribution in [3.63, 3.8) is 0 Å². The molecular formula is C28H27N5O4. The van der Waals surface area contributed by atoms with Crippen LogP contribution < -0.4 is 19.7 Å². The molecule has 4 aromatic carbocycles. The fraction of sp³-hybridized carbons (Fsp3) is 0.214. The van der Waals surface area contributed by atoms with Crippen molar-refractivity contribution in [3.05, 3.63) is 82.9 Å². The number of anilines is 2. The molecule has 0 aromatic heterocycles. The van der Waals surface area contributed by atoms with Crippen LogP contribution in [-0.2, 0) is 0 Å². The lowest BCUT2D eigenvalue weighted by atomic mass is 10.1. The summed E-state index contributed by atoms with van der Waals surface area (Å²) in [5.41, 5.74) is 2.96. The highest BCUT2D eigenvalue weighted by molar-refractivity contribution is 5.91. The van der Waals surface area contributed by atoms with Crippen molar-refractivity contribution < 1.29 is 14.4 Å². The lowest BCUT2D eigenvalue weighted by Gasteiger charge is -2.22. The summed E-state index contributed by atoms with van der Waals surface area (Å²) in [7, 11) is 0. The summed E-state index contributed by atoms with van der Waals surface area (Å²) < 4.78 is 12.2. The van der Waals surface area contributed by atoms with Crippen molar-refractivity contribution in [1.82, 2.24) is 0 Å². The molecule has 0 aliphatic carbocycles. The van der Waals surface area contributed by atoms with Crippen LogP contribution in [0.1, 0.15) is 13.8 Å². The van der Waals surface area contributed by atoms with Crippen LogP contribution in [0.25, 0.3) is 10.8 Å². The highest BCUT2D eigenvalue weighted by atomic mass is 16.6. The van der Waals surface area contributed by atoms with Gasteiger partial charge in [0.1, 0.15) is 23.8 Å². The number of nitrogens with zero attached hydrogens (tertiary/aromatic N) is 4. The van der Waals surface area contributed by atoms with Crippen LogP contribution in [0, 0.1) is 10.1 Å². The molecule has 0 unspecified atom stereocenters. The summed E-state index contributed by atoms with van der Waals surface area (Å²) in [5.74, 6) is 1.88.